The molecule has 0 bridgehead atoms. The number of likely N-dealkylation sites (tertiary alicyclic amines) is 1. The molecule has 2 aliphatic rings. The van der Waals surface area contributed by atoms with Gasteiger partial charge >= 0.3 is 0 Å². The number of rotatable bonds is 1. The van der Waals surface area contributed by atoms with Crippen LogP contribution >= 0.6 is 0 Å². The van der Waals surface area contributed by atoms with Crippen molar-refractivity contribution in [2.75, 3.05) is 13.1 Å². The lowest BCUT2D eigenvalue weighted by atomic mass is 9.77. The lowest BCUT2D eigenvalue weighted by molar-refractivity contribution is -0.138. The number of nitrogens with two attached hydrogens (primary N) is 1. The van der Waals surface area contributed by atoms with Crippen LogP contribution in [0.15, 0.2) is 0 Å². The van der Waals surface area contributed by atoms with Crippen molar-refractivity contribution >= 4 is 5.91 Å². The van der Waals surface area contributed by atoms with Crippen LogP contribution in [0.1, 0.15) is 39.5 Å². The third-order valence-electron chi connectivity index (χ3n) is 4.32. The molecule has 0 radical (unpaired) electrons. The van der Waals surface area contributed by atoms with Crippen molar-refractivity contribution in [2.24, 2.45) is 17.6 Å². The normalized spacial score (nSPS) is 42.8. The minimum Gasteiger partial charge on any atom is -0.388 e. The Morgan fingerprint density at radius 3 is 2.76 bits per heavy atom. The number of carbonyl (C=O) groups excluding carboxylic acids is 1. The summed E-state index contributed by atoms with van der Waals surface area (Å²) in [4.78, 5) is 14.2. The molecule has 0 aromatic rings. The summed E-state index contributed by atoms with van der Waals surface area (Å²) < 4.78 is 0. The van der Waals surface area contributed by atoms with Gasteiger partial charge in [0.05, 0.1) is 5.60 Å². The molecule has 1 amide bonds. The molecule has 3 N–H and O–H groups in total. The van der Waals surface area contributed by atoms with Crippen LogP contribution in [0.4, 0.5) is 0 Å². The Morgan fingerprint density at radius 1 is 1.47 bits per heavy atom. The van der Waals surface area contributed by atoms with Gasteiger partial charge in [0, 0.05) is 25.0 Å². The van der Waals surface area contributed by atoms with Crippen molar-refractivity contribution < 1.29 is 9.90 Å². The first-order chi connectivity index (χ1) is 7.89. The van der Waals surface area contributed by atoms with Crippen LogP contribution in [-0.4, -0.2) is 40.6 Å². The Hall–Kier alpha value is -0.610. The number of β-amino-alcohol motifs (C(OH)–C–C–N with tert-alkyl or cyclic N) is 1. The highest BCUT2D eigenvalue weighted by atomic mass is 16.3. The van der Waals surface area contributed by atoms with Crippen LogP contribution in [-0.2, 0) is 4.79 Å². The van der Waals surface area contributed by atoms with E-state index in [9.17, 15) is 9.90 Å². The molecular formula is C13H24N2O2. The molecule has 2 fully saturated rings. The first-order valence-electron chi connectivity index (χ1n) is 6.66. The first kappa shape index (κ1) is 12.8. The molecule has 0 aromatic carbocycles. The summed E-state index contributed by atoms with van der Waals surface area (Å²) in [6.07, 6.45) is 3.56. The summed E-state index contributed by atoms with van der Waals surface area (Å²) in [5, 5.41) is 9.91. The maximum absolute atomic E-state index is 12.4. The molecule has 2 rings (SSSR count). The van der Waals surface area contributed by atoms with E-state index in [0.29, 0.717) is 25.4 Å². The van der Waals surface area contributed by atoms with E-state index in [1.54, 1.807) is 6.92 Å². The first-order valence-corrected chi connectivity index (χ1v) is 6.66. The molecule has 17 heavy (non-hydrogen) atoms. The third kappa shape index (κ3) is 2.80. The zero-order valence-corrected chi connectivity index (χ0v) is 10.9. The second-order valence-electron chi connectivity index (χ2n) is 6.16. The summed E-state index contributed by atoms with van der Waals surface area (Å²) in [6.45, 7) is 5.10. The summed E-state index contributed by atoms with van der Waals surface area (Å²) >= 11 is 0. The molecule has 1 saturated carbocycles. The predicted octanol–water partition coefficient (Wildman–Crippen LogP) is 0.733. The molecule has 1 aliphatic carbocycles. The lowest BCUT2D eigenvalue weighted by Crippen LogP contribution is -2.44. The fourth-order valence-corrected chi connectivity index (χ4v) is 3.07. The summed E-state index contributed by atoms with van der Waals surface area (Å²) in [5.41, 5.74) is 5.26. The van der Waals surface area contributed by atoms with Crippen molar-refractivity contribution in [3.8, 4) is 0 Å². The number of nitrogens with zero attached hydrogens (tertiary/aromatic N) is 1. The zero-order chi connectivity index (χ0) is 12.6. The van der Waals surface area contributed by atoms with Crippen LogP contribution < -0.4 is 5.73 Å². The summed E-state index contributed by atoms with van der Waals surface area (Å²) in [5.74, 6) is 0.686. The van der Waals surface area contributed by atoms with E-state index < -0.39 is 5.60 Å². The van der Waals surface area contributed by atoms with Gasteiger partial charge in [-0.2, -0.15) is 0 Å². The SMILES string of the molecule is CC1CCC(N)CC1C(=O)N1CCC(C)(O)C1. The average Bonchev–Trinajstić information content (AvgIpc) is 2.61. The van der Waals surface area contributed by atoms with E-state index in [1.807, 2.05) is 4.90 Å². The van der Waals surface area contributed by atoms with Gasteiger partial charge in [0.15, 0.2) is 0 Å². The van der Waals surface area contributed by atoms with E-state index >= 15 is 0 Å². The van der Waals surface area contributed by atoms with Crippen LogP contribution in [0.5, 0.6) is 0 Å². The van der Waals surface area contributed by atoms with E-state index in [4.69, 9.17) is 5.73 Å². The highest BCUT2D eigenvalue weighted by Crippen LogP contribution is 2.32. The monoisotopic (exact) mass is 240 g/mol. The molecule has 98 valence electrons. The van der Waals surface area contributed by atoms with Crippen LogP contribution in [0.3, 0.4) is 0 Å². The largest absolute Gasteiger partial charge is 0.388 e. The smallest absolute Gasteiger partial charge is 0.226 e. The highest BCUT2D eigenvalue weighted by molar-refractivity contribution is 5.79. The van der Waals surface area contributed by atoms with Gasteiger partial charge in [-0.15, -0.1) is 0 Å². The molecule has 1 saturated heterocycles. The van der Waals surface area contributed by atoms with Crippen LogP contribution in [0.2, 0.25) is 0 Å². The quantitative estimate of drug-likeness (QED) is 0.710. The predicted molar refractivity (Wildman–Crippen MR) is 66.3 cm³/mol. The molecule has 1 heterocycles. The Labute approximate surface area is 103 Å². The maximum atomic E-state index is 12.4. The molecule has 1 aliphatic heterocycles. The second kappa shape index (κ2) is 4.58. The van der Waals surface area contributed by atoms with Gasteiger partial charge < -0.3 is 15.7 Å². The standard InChI is InChI=1S/C13H24N2O2/c1-9-3-4-10(14)7-11(9)12(16)15-6-5-13(2,17)8-15/h9-11,17H,3-8,14H2,1-2H3. The maximum Gasteiger partial charge on any atom is 0.226 e. The van der Waals surface area contributed by atoms with Crippen molar-refractivity contribution in [1.82, 2.24) is 4.90 Å². The molecular weight excluding hydrogens is 216 g/mol. The Balaban J connectivity index is 1.99. The Kier molecular flexibility index (Phi) is 3.46. The summed E-state index contributed by atoms with van der Waals surface area (Å²) in [6, 6.07) is 0.170. The molecule has 4 unspecified atom stereocenters. The summed E-state index contributed by atoms with van der Waals surface area (Å²) in [7, 11) is 0. The fraction of sp³-hybridized carbons (Fsp3) is 0.923. The van der Waals surface area contributed by atoms with E-state index in [2.05, 4.69) is 6.92 Å². The molecule has 4 atom stereocenters. The molecule has 0 spiro atoms. The van der Waals surface area contributed by atoms with Gasteiger partial charge in [-0.05, 0) is 38.5 Å². The van der Waals surface area contributed by atoms with E-state index in [1.165, 1.54) is 0 Å². The zero-order valence-electron chi connectivity index (χ0n) is 10.9. The Morgan fingerprint density at radius 2 is 2.18 bits per heavy atom. The topological polar surface area (TPSA) is 66.6 Å². The van der Waals surface area contributed by atoms with Crippen LogP contribution in [0, 0.1) is 11.8 Å². The van der Waals surface area contributed by atoms with Crippen molar-refractivity contribution in [3.05, 3.63) is 0 Å². The van der Waals surface area contributed by atoms with Gasteiger partial charge in [-0.25, -0.2) is 0 Å². The highest BCUT2D eigenvalue weighted by Gasteiger charge is 2.39. The second-order valence-corrected chi connectivity index (χ2v) is 6.16. The minimum atomic E-state index is -0.699. The average molecular weight is 240 g/mol. The molecule has 4 heteroatoms. The van der Waals surface area contributed by atoms with Crippen molar-refractivity contribution in [1.29, 1.82) is 0 Å². The Bertz CT molecular complexity index is 304. The number of amides is 1. The van der Waals surface area contributed by atoms with Crippen LogP contribution in [0.25, 0.3) is 0 Å². The van der Waals surface area contributed by atoms with Gasteiger partial charge in [0.2, 0.25) is 5.91 Å². The lowest BCUT2D eigenvalue weighted by Gasteiger charge is -2.34. The third-order valence-corrected chi connectivity index (χ3v) is 4.32. The number of hydrogen-bond acceptors (Lipinski definition) is 3. The number of aliphatic hydroxyl groups is 1. The molecule has 0 aromatic heterocycles. The van der Waals surface area contributed by atoms with Gasteiger partial charge in [-0.3, -0.25) is 4.79 Å². The molecule has 4 nitrogen and oxygen atoms in total. The van der Waals surface area contributed by atoms with Crippen molar-refractivity contribution in [3.63, 3.8) is 0 Å². The minimum absolute atomic E-state index is 0.0626. The fourth-order valence-electron chi connectivity index (χ4n) is 3.07. The van der Waals surface area contributed by atoms with Gasteiger partial charge in [0.25, 0.3) is 0 Å². The van der Waals surface area contributed by atoms with Crippen molar-refractivity contribution in [2.45, 2.75) is 51.2 Å². The van der Waals surface area contributed by atoms with E-state index in [-0.39, 0.29) is 17.9 Å². The number of hydrogen-bond donors (Lipinski definition) is 2. The van der Waals surface area contributed by atoms with Gasteiger partial charge in [-0.1, -0.05) is 6.92 Å². The van der Waals surface area contributed by atoms with E-state index in [0.717, 1.165) is 19.3 Å². The number of carbonyl (C=O) groups is 1. The van der Waals surface area contributed by atoms with Gasteiger partial charge in [0.1, 0.15) is 0 Å².